The van der Waals surface area contributed by atoms with Crippen molar-refractivity contribution < 1.29 is 5.21 Å². The lowest BCUT2D eigenvalue weighted by Crippen LogP contribution is -2.38. The van der Waals surface area contributed by atoms with Gasteiger partial charge in [0.15, 0.2) is 5.84 Å². The standard InChI is InChI=1S/C13H18Cl2N4O/c1-11(16-17-12-5-3-2-4-6-12)13(18-20)19(9-7-14)10-8-15/h2-6,17,20H,7-10H2,1H3. The number of alkyl halides is 2. The molecule has 0 aliphatic heterocycles. The van der Waals surface area contributed by atoms with E-state index in [0.29, 0.717) is 36.4 Å². The molecule has 0 unspecified atom stereocenters. The van der Waals surface area contributed by atoms with Crippen molar-refractivity contribution in [2.75, 3.05) is 30.3 Å². The molecule has 20 heavy (non-hydrogen) atoms. The summed E-state index contributed by atoms with van der Waals surface area (Å²) in [5, 5.41) is 16.7. The van der Waals surface area contributed by atoms with Crippen LogP contribution >= 0.6 is 23.2 Å². The molecule has 0 radical (unpaired) electrons. The molecule has 110 valence electrons. The summed E-state index contributed by atoms with van der Waals surface area (Å²) in [7, 11) is 0. The van der Waals surface area contributed by atoms with Gasteiger partial charge in [-0.15, -0.1) is 23.2 Å². The van der Waals surface area contributed by atoms with E-state index in [1.54, 1.807) is 11.8 Å². The van der Waals surface area contributed by atoms with E-state index in [9.17, 15) is 0 Å². The molecule has 0 aromatic heterocycles. The quantitative estimate of drug-likeness (QED) is 0.267. The van der Waals surface area contributed by atoms with Crippen LogP contribution in [0.5, 0.6) is 0 Å². The topological polar surface area (TPSA) is 60.2 Å². The van der Waals surface area contributed by atoms with Crippen LogP contribution in [0, 0.1) is 0 Å². The van der Waals surface area contributed by atoms with Gasteiger partial charge in [0, 0.05) is 24.8 Å². The fourth-order valence-electron chi connectivity index (χ4n) is 1.60. The summed E-state index contributed by atoms with van der Waals surface area (Å²) in [6.45, 7) is 2.82. The van der Waals surface area contributed by atoms with Gasteiger partial charge in [-0.3, -0.25) is 5.43 Å². The number of oxime groups is 1. The normalized spacial score (nSPS) is 12.3. The van der Waals surface area contributed by atoms with Gasteiger partial charge in [-0.2, -0.15) is 5.10 Å². The van der Waals surface area contributed by atoms with Crippen LogP contribution in [0.2, 0.25) is 0 Å². The Morgan fingerprint density at radius 3 is 2.30 bits per heavy atom. The summed E-state index contributed by atoms with van der Waals surface area (Å²) in [5.74, 6) is 1.18. The molecule has 0 atom stereocenters. The minimum atomic E-state index is 0.356. The van der Waals surface area contributed by atoms with Crippen molar-refractivity contribution in [3.63, 3.8) is 0 Å². The van der Waals surface area contributed by atoms with E-state index < -0.39 is 0 Å². The monoisotopic (exact) mass is 316 g/mol. The zero-order valence-electron chi connectivity index (χ0n) is 11.3. The first-order chi connectivity index (χ1) is 9.72. The molecule has 2 N–H and O–H groups in total. The summed E-state index contributed by atoms with van der Waals surface area (Å²) < 4.78 is 0. The number of nitrogens with zero attached hydrogens (tertiary/aromatic N) is 3. The molecule has 0 fully saturated rings. The van der Waals surface area contributed by atoms with Crippen molar-refractivity contribution in [3.05, 3.63) is 30.3 Å². The maximum Gasteiger partial charge on any atom is 0.191 e. The first-order valence-corrected chi connectivity index (χ1v) is 7.24. The van der Waals surface area contributed by atoms with E-state index in [0.717, 1.165) is 5.69 Å². The van der Waals surface area contributed by atoms with Crippen molar-refractivity contribution in [3.8, 4) is 0 Å². The number of para-hydroxylation sites is 1. The SMILES string of the molecule is CC(=NNc1ccccc1)C(=NO)N(CCCl)CCCl. The number of anilines is 1. The molecule has 0 aliphatic rings. The fourth-order valence-corrected chi connectivity index (χ4v) is 2.01. The highest BCUT2D eigenvalue weighted by Gasteiger charge is 2.14. The minimum absolute atomic E-state index is 0.356. The second kappa shape index (κ2) is 9.44. The van der Waals surface area contributed by atoms with E-state index in [-0.39, 0.29) is 0 Å². The number of halogens is 2. The summed E-state index contributed by atoms with van der Waals surface area (Å²) in [6.07, 6.45) is 0. The number of amidine groups is 1. The van der Waals surface area contributed by atoms with Gasteiger partial charge in [0.25, 0.3) is 0 Å². The lowest BCUT2D eigenvalue weighted by Gasteiger charge is -2.22. The van der Waals surface area contributed by atoms with Crippen molar-refractivity contribution in [1.29, 1.82) is 0 Å². The molecule has 7 heteroatoms. The predicted octanol–water partition coefficient (Wildman–Crippen LogP) is 3.04. The highest BCUT2D eigenvalue weighted by molar-refractivity contribution is 6.40. The average Bonchev–Trinajstić information content (AvgIpc) is 2.47. The first-order valence-electron chi connectivity index (χ1n) is 6.17. The van der Waals surface area contributed by atoms with Crippen molar-refractivity contribution in [1.82, 2.24) is 4.90 Å². The summed E-state index contributed by atoms with van der Waals surface area (Å²) in [4.78, 5) is 1.78. The summed E-state index contributed by atoms with van der Waals surface area (Å²) >= 11 is 11.5. The van der Waals surface area contributed by atoms with Crippen LogP contribution in [0.4, 0.5) is 5.69 Å². The molecule has 0 amide bonds. The summed E-state index contributed by atoms with van der Waals surface area (Å²) in [5.41, 5.74) is 4.30. The minimum Gasteiger partial charge on any atom is -0.409 e. The Balaban J connectivity index is 2.77. The zero-order valence-corrected chi connectivity index (χ0v) is 12.8. The van der Waals surface area contributed by atoms with Crippen LogP contribution in [0.15, 0.2) is 40.6 Å². The van der Waals surface area contributed by atoms with E-state index in [4.69, 9.17) is 28.4 Å². The van der Waals surface area contributed by atoms with Crippen LogP contribution in [-0.2, 0) is 0 Å². The number of hydrogen-bond acceptors (Lipinski definition) is 4. The molecule has 0 aliphatic carbocycles. The van der Waals surface area contributed by atoms with Gasteiger partial charge in [0.05, 0.1) is 5.69 Å². The van der Waals surface area contributed by atoms with E-state index >= 15 is 0 Å². The number of hydrogen-bond donors (Lipinski definition) is 2. The average molecular weight is 317 g/mol. The molecular weight excluding hydrogens is 299 g/mol. The Hall–Kier alpha value is -1.46. The highest BCUT2D eigenvalue weighted by Crippen LogP contribution is 2.05. The maximum absolute atomic E-state index is 9.17. The van der Waals surface area contributed by atoms with Crippen molar-refractivity contribution in [2.24, 2.45) is 10.3 Å². The van der Waals surface area contributed by atoms with Gasteiger partial charge in [0.1, 0.15) is 5.71 Å². The van der Waals surface area contributed by atoms with Crippen LogP contribution in [0.3, 0.4) is 0 Å². The number of hydrazone groups is 1. The third kappa shape index (κ3) is 5.27. The van der Waals surface area contributed by atoms with Gasteiger partial charge in [-0.05, 0) is 19.1 Å². The number of rotatable bonds is 7. The van der Waals surface area contributed by atoms with E-state index in [1.807, 2.05) is 30.3 Å². The van der Waals surface area contributed by atoms with Gasteiger partial charge in [-0.1, -0.05) is 23.4 Å². The first kappa shape index (κ1) is 16.6. The molecule has 0 spiro atoms. The van der Waals surface area contributed by atoms with Crippen LogP contribution in [0.25, 0.3) is 0 Å². The van der Waals surface area contributed by atoms with Crippen molar-refractivity contribution >= 4 is 40.4 Å². The lowest BCUT2D eigenvalue weighted by atomic mass is 10.3. The van der Waals surface area contributed by atoms with Gasteiger partial charge in [-0.25, -0.2) is 0 Å². The Labute approximate surface area is 128 Å². The molecule has 0 bridgehead atoms. The smallest absolute Gasteiger partial charge is 0.191 e. The maximum atomic E-state index is 9.17. The Morgan fingerprint density at radius 1 is 1.20 bits per heavy atom. The third-order valence-electron chi connectivity index (χ3n) is 2.55. The Morgan fingerprint density at radius 2 is 1.80 bits per heavy atom. The zero-order chi connectivity index (χ0) is 14.8. The second-order valence-electron chi connectivity index (χ2n) is 3.96. The molecule has 5 nitrogen and oxygen atoms in total. The number of benzene rings is 1. The molecule has 1 aromatic carbocycles. The van der Waals surface area contributed by atoms with E-state index in [1.165, 1.54) is 0 Å². The van der Waals surface area contributed by atoms with Crippen LogP contribution in [0.1, 0.15) is 6.92 Å². The molecule has 0 saturated carbocycles. The van der Waals surface area contributed by atoms with E-state index in [2.05, 4.69) is 15.7 Å². The van der Waals surface area contributed by atoms with Crippen LogP contribution in [-0.4, -0.2) is 46.5 Å². The second-order valence-corrected chi connectivity index (χ2v) is 4.72. The van der Waals surface area contributed by atoms with Crippen molar-refractivity contribution in [2.45, 2.75) is 6.92 Å². The lowest BCUT2D eigenvalue weighted by molar-refractivity contribution is 0.306. The van der Waals surface area contributed by atoms with Gasteiger partial charge >= 0.3 is 0 Å². The Kier molecular flexibility index (Phi) is 7.84. The Bertz CT molecular complexity index is 445. The largest absolute Gasteiger partial charge is 0.409 e. The van der Waals surface area contributed by atoms with Gasteiger partial charge < -0.3 is 10.1 Å². The molecule has 1 rings (SSSR count). The highest BCUT2D eigenvalue weighted by atomic mass is 35.5. The predicted molar refractivity (Wildman–Crippen MR) is 85.4 cm³/mol. The molecular formula is C13H18Cl2N4O. The summed E-state index contributed by atoms with van der Waals surface area (Å²) in [6, 6.07) is 9.51. The number of nitrogens with one attached hydrogen (secondary N) is 1. The fraction of sp³-hybridized carbons (Fsp3) is 0.385. The molecule has 0 saturated heterocycles. The van der Waals surface area contributed by atoms with Crippen LogP contribution < -0.4 is 5.43 Å². The molecule has 1 aromatic rings. The van der Waals surface area contributed by atoms with Gasteiger partial charge in [0.2, 0.25) is 0 Å². The third-order valence-corrected chi connectivity index (χ3v) is 2.89. The molecule has 0 heterocycles.